The van der Waals surface area contributed by atoms with Crippen molar-refractivity contribution in [3.8, 4) is 44.5 Å². The third-order valence-corrected chi connectivity index (χ3v) is 9.81. The summed E-state index contributed by atoms with van der Waals surface area (Å²) < 4.78 is 94.4. The zero-order chi connectivity index (χ0) is 39.5. The van der Waals surface area contributed by atoms with E-state index in [9.17, 15) is 9.90 Å². The lowest BCUT2D eigenvalue weighted by Crippen LogP contribution is -1.96. The molecule has 8 bridgehead atoms. The lowest BCUT2D eigenvalue weighted by molar-refractivity contribution is 0.0697. The molecule has 7 aromatic rings. The number of nitrogens with one attached hydrogen (secondary N) is 2. The van der Waals surface area contributed by atoms with Crippen LogP contribution >= 0.6 is 0 Å². The molecular formula is C45H24F6N4O2. The topological polar surface area (TPSA) is 94.7 Å². The Kier molecular flexibility index (Phi) is 8.46. The van der Waals surface area contributed by atoms with Crippen molar-refractivity contribution in [3.63, 3.8) is 0 Å². The first-order valence-corrected chi connectivity index (χ1v) is 17.4. The van der Waals surface area contributed by atoms with E-state index >= 15 is 26.3 Å². The van der Waals surface area contributed by atoms with E-state index in [0.717, 1.165) is 36.4 Å². The molecule has 3 aromatic heterocycles. The summed E-state index contributed by atoms with van der Waals surface area (Å²) in [5.74, 6) is -6.65. The third-order valence-electron chi connectivity index (χ3n) is 9.81. The van der Waals surface area contributed by atoms with Crippen molar-refractivity contribution in [2.45, 2.75) is 0 Å². The Hall–Kier alpha value is -7.47. The minimum atomic E-state index is -1.15. The van der Waals surface area contributed by atoms with Gasteiger partial charge in [0.2, 0.25) is 0 Å². The van der Waals surface area contributed by atoms with Crippen molar-refractivity contribution >= 4 is 52.3 Å². The van der Waals surface area contributed by atoms with Crippen LogP contribution in [0.2, 0.25) is 0 Å². The van der Waals surface area contributed by atoms with Crippen LogP contribution < -0.4 is 0 Å². The van der Waals surface area contributed by atoms with Crippen LogP contribution in [0.3, 0.4) is 0 Å². The number of benzene rings is 4. The van der Waals surface area contributed by atoms with E-state index in [4.69, 9.17) is 9.97 Å². The molecule has 2 aliphatic heterocycles. The molecule has 0 radical (unpaired) electrons. The summed E-state index contributed by atoms with van der Waals surface area (Å²) in [6.45, 7) is 0. The highest BCUT2D eigenvalue weighted by Gasteiger charge is 2.25. The average molecular weight is 767 g/mol. The second kappa shape index (κ2) is 13.7. The highest BCUT2D eigenvalue weighted by molar-refractivity contribution is 6.00. The zero-order valence-corrected chi connectivity index (χ0v) is 29.1. The van der Waals surface area contributed by atoms with Gasteiger partial charge in [0.1, 0.15) is 34.9 Å². The standard InChI is InChI=1S/C45H24F6N4O2/c46-24-4-1-5-25(47)39(24)42-32-16-14-30(52-32)38(22-10-12-23(13-11-22)45(56)57)31-15-17-33(53-31)43(40-26(48)6-2-7-27(40)49)35-19-21-37(55-35)44(36-20-18-34(42)54-36)41-28(50)8-3-9-29(41)51/h1-21,52,55H,(H,56,57). The Balaban J connectivity index is 1.51. The Morgan fingerprint density at radius 3 is 1.02 bits per heavy atom. The molecule has 57 heavy (non-hydrogen) atoms. The van der Waals surface area contributed by atoms with Crippen LogP contribution in [0.1, 0.15) is 33.1 Å². The summed E-state index contributed by atoms with van der Waals surface area (Å²) in [5, 5.41) is 9.59. The van der Waals surface area contributed by atoms with Gasteiger partial charge < -0.3 is 15.1 Å². The number of aromatic carboxylic acids is 1. The Morgan fingerprint density at radius 2 is 0.702 bits per heavy atom. The molecule has 0 unspecified atom stereocenters. The monoisotopic (exact) mass is 766 g/mol. The number of halogens is 6. The first kappa shape index (κ1) is 35.2. The lowest BCUT2D eigenvalue weighted by Gasteiger charge is -2.09. The first-order chi connectivity index (χ1) is 27.6. The number of hydrogen-bond acceptors (Lipinski definition) is 3. The van der Waals surface area contributed by atoms with Crippen LogP contribution in [0.5, 0.6) is 0 Å². The van der Waals surface area contributed by atoms with Crippen LogP contribution in [0, 0.1) is 34.9 Å². The fraction of sp³-hybridized carbons (Fsp3) is 0. The number of nitrogens with zero attached hydrogens (tertiary/aromatic N) is 2. The maximum Gasteiger partial charge on any atom is 0.335 e. The van der Waals surface area contributed by atoms with Crippen molar-refractivity contribution in [3.05, 3.63) is 166 Å². The largest absolute Gasteiger partial charge is 0.478 e. The summed E-state index contributed by atoms with van der Waals surface area (Å²) in [6.07, 6.45) is 6.06. The first-order valence-electron chi connectivity index (χ1n) is 17.4. The number of rotatable bonds is 5. The van der Waals surface area contributed by atoms with Gasteiger partial charge in [0, 0.05) is 44.3 Å². The van der Waals surface area contributed by atoms with Crippen molar-refractivity contribution in [1.29, 1.82) is 0 Å². The van der Waals surface area contributed by atoms with Crippen LogP contribution in [-0.2, 0) is 0 Å². The molecule has 0 saturated heterocycles. The van der Waals surface area contributed by atoms with Crippen molar-refractivity contribution in [2.24, 2.45) is 0 Å². The molecule has 0 amide bonds. The van der Waals surface area contributed by atoms with E-state index in [2.05, 4.69) is 9.97 Å². The molecule has 12 heteroatoms. The summed E-state index contributed by atoms with van der Waals surface area (Å²) in [4.78, 5) is 27.7. The van der Waals surface area contributed by atoms with E-state index < -0.39 is 57.6 Å². The number of aromatic amines is 2. The quantitative estimate of drug-likeness (QED) is 0.152. The molecule has 278 valence electrons. The van der Waals surface area contributed by atoms with Crippen molar-refractivity contribution in [1.82, 2.24) is 19.9 Å². The SMILES string of the molecule is O=C(O)c1ccc(-c2c3nc(c(-c4c(F)cccc4F)c4ccc([nH]4)c(-c4c(F)cccc4F)c4nc(c(-c5c(F)cccc5F)c5ccc2[nH]5)C=C4)C=C3)cc1. The Labute approximate surface area is 318 Å². The van der Waals surface area contributed by atoms with Gasteiger partial charge in [-0.3, -0.25) is 0 Å². The highest BCUT2D eigenvalue weighted by Crippen LogP contribution is 2.41. The molecular weight excluding hydrogens is 743 g/mol. The van der Waals surface area contributed by atoms with Gasteiger partial charge in [0.05, 0.1) is 45.0 Å². The fourth-order valence-corrected chi connectivity index (χ4v) is 7.29. The van der Waals surface area contributed by atoms with E-state index in [1.54, 1.807) is 36.4 Å². The molecule has 4 aromatic carbocycles. The Morgan fingerprint density at radius 1 is 0.404 bits per heavy atom. The van der Waals surface area contributed by atoms with E-state index in [0.29, 0.717) is 16.6 Å². The molecule has 0 spiro atoms. The molecule has 6 nitrogen and oxygen atoms in total. The maximum atomic E-state index is 15.7. The van der Waals surface area contributed by atoms with Gasteiger partial charge in [0.25, 0.3) is 0 Å². The molecule has 3 N–H and O–H groups in total. The zero-order valence-electron chi connectivity index (χ0n) is 29.1. The molecule has 0 saturated carbocycles. The summed E-state index contributed by atoms with van der Waals surface area (Å²) in [5.41, 5.74) is 0.683. The second-order valence-corrected chi connectivity index (χ2v) is 13.2. The van der Waals surface area contributed by atoms with Crippen molar-refractivity contribution in [2.75, 3.05) is 0 Å². The number of carbonyl (C=O) groups is 1. The summed E-state index contributed by atoms with van der Waals surface area (Å²) in [6, 6.07) is 22.2. The number of carboxylic acids is 1. The molecule has 0 atom stereocenters. The number of carboxylic acid groups (broad SMARTS) is 1. The minimum absolute atomic E-state index is 0.00800. The van der Waals surface area contributed by atoms with Gasteiger partial charge in [-0.25, -0.2) is 41.1 Å². The molecule has 9 rings (SSSR count). The smallest absolute Gasteiger partial charge is 0.335 e. The number of hydrogen-bond donors (Lipinski definition) is 3. The van der Waals surface area contributed by atoms with E-state index in [1.807, 2.05) is 0 Å². The van der Waals surface area contributed by atoms with E-state index in [-0.39, 0.29) is 61.6 Å². The Bertz CT molecular complexity index is 2960. The molecule has 0 aliphatic carbocycles. The number of H-pyrrole nitrogens is 2. The van der Waals surface area contributed by atoms with Gasteiger partial charge in [-0.15, -0.1) is 0 Å². The summed E-state index contributed by atoms with van der Waals surface area (Å²) in [7, 11) is 0. The number of fused-ring (bicyclic) bond motifs is 8. The van der Waals surface area contributed by atoms with Crippen LogP contribution in [0.4, 0.5) is 26.3 Å². The van der Waals surface area contributed by atoms with Gasteiger partial charge in [-0.2, -0.15) is 0 Å². The normalized spacial score (nSPS) is 12.0. The second-order valence-electron chi connectivity index (χ2n) is 13.2. The van der Waals surface area contributed by atoms with Crippen LogP contribution in [0.25, 0.3) is 90.9 Å². The average Bonchev–Trinajstić information content (AvgIpc) is 4.03. The molecule has 0 fully saturated rings. The van der Waals surface area contributed by atoms with Crippen LogP contribution in [0.15, 0.2) is 103 Å². The van der Waals surface area contributed by atoms with Gasteiger partial charge >= 0.3 is 5.97 Å². The van der Waals surface area contributed by atoms with Crippen LogP contribution in [-0.4, -0.2) is 31.0 Å². The number of aromatic nitrogens is 4. The fourth-order valence-electron chi connectivity index (χ4n) is 7.29. The van der Waals surface area contributed by atoms with Gasteiger partial charge in [-0.05, 0) is 103 Å². The maximum absolute atomic E-state index is 15.7. The predicted molar refractivity (Wildman–Crippen MR) is 207 cm³/mol. The lowest BCUT2D eigenvalue weighted by atomic mass is 10.0. The third kappa shape index (κ3) is 5.98. The molecule has 2 aliphatic rings. The van der Waals surface area contributed by atoms with Crippen molar-refractivity contribution < 1.29 is 36.2 Å². The van der Waals surface area contributed by atoms with Gasteiger partial charge in [0.15, 0.2) is 0 Å². The minimum Gasteiger partial charge on any atom is -0.478 e. The van der Waals surface area contributed by atoms with Gasteiger partial charge in [-0.1, -0.05) is 30.3 Å². The van der Waals surface area contributed by atoms with E-state index in [1.165, 1.54) is 54.6 Å². The summed E-state index contributed by atoms with van der Waals surface area (Å²) >= 11 is 0. The molecule has 5 heterocycles. The predicted octanol–water partition coefficient (Wildman–Crippen LogP) is 11.9. The highest BCUT2D eigenvalue weighted by atomic mass is 19.2.